The van der Waals surface area contributed by atoms with E-state index in [4.69, 9.17) is 0 Å². The van der Waals surface area contributed by atoms with Crippen molar-refractivity contribution in [3.05, 3.63) is 54.1 Å². The quantitative estimate of drug-likeness (QED) is 0.735. The molecule has 1 fully saturated rings. The zero-order valence-corrected chi connectivity index (χ0v) is 14.8. The number of anilines is 1. The Balaban J connectivity index is 1.78. The first kappa shape index (κ1) is 17.7. The molecule has 1 saturated heterocycles. The molecule has 2 heterocycles. The third-order valence-electron chi connectivity index (χ3n) is 4.82. The van der Waals surface area contributed by atoms with Gasteiger partial charge in [0.2, 0.25) is 0 Å². The van der Waals surface area contributed by atoms with E-state index in [1.54, 1.807) is 0 Å². The number of nitrogens with zero attached hydrogens (tertiary/aromatic N) is 3. The van der Waals surface area contributed by atoms with Crippen LogP contribution < -0.4 is 10.2 Å². The maximum absolute atomic E-state index is 12.8. The lowest BCUT2D eigenvalue weighted by Gasteiger charge is -2.33. The van der Waals surface area contributed by atoms with Crippen molar-refractivity contribution in [1.29, 1.82) is 0 Å². The summed E-state index contributed by atoms with van der Waals surface area (Å²) in [5.74, 6) is 0.814. The third-order valence-corrected chi connectivity index (χ3v) is 4.82. The van der Waals surface area contributed by atoms with Gasteiger partial charge in [0.05, 0.1) is 5.56 Å². The molecule has 140 valence electrons. The molecular formula is C20H19F3N4. The van der Waals surface area contributed by atoms with Gasteiger partial charge in [-0.1, -0.05) is 36.4 Å². The summed E-state index contributed by atoms with van der Waals surface area (Å²) < 4.78 is 38.5. The lowest BCUT2D eigenvalue weighted by Crippen LogP contribution is -2.49. The molecule has 0 spiro atoms. The van der Waals surface area contributed by atoms with Gasteiger partial charge < -0.3 is 10.2 Å². The first-order chi connectivity index (χ1) is 12.9. The molecular weight excluding hydrogens is 353 g/mol. The lowest BCUT2D eigenvalue weighted by atomic mass is 10.0. The molecule has 4 rings (SSSR count). The van der Waals surface area contributed by atoms with Crippen molar-refractivity contribution in [2.75, 3.05) is 24.5 Å². The molecule has 27 heavy (non-hydrogen) atoms. The molecule has 3 aromatic rings. The van der Waals surface area contributed by atoms with Crippen LogP contribution in [-0.4, -0.2) is 35.9 Å². The SMILES string of the molecule is CC1CN(c2nnc(-c3ccc(C(F)(F)F)cc3)c3ccccc23)CCN1. The second-order valence-corrected chi connectivity index (χ2v) is 6.79. The van der Waals surface area contributed by atoms with E-state index in [9.17, 15) is 13.2 Å². The Morgan fingerprint density at radius 1 is 1.00 bits per heavy atom. The summed E-state index contributed by atoms with van der Waals surface area (Å²) >= 11 is 0. The molecule has 1 aliphatic rings. The summed E-state index contributed by atoms with van der Waals surface area (Å²) in [5, 5.41) is 14.1. The van der Waals surface area contributed by atoms with E-state index in [0.717, 1.165) is 48.4 Å². The van der Waals surface area contributed by atoms with Crippen LogP contribution in [-0.2, 0) is 6.18 Å². The van der Waals surface area contributed by atoms with Crippen LogP contribution in [0.5, 0.6) is 0 Å². The van der Waals surface area contributed by atoms with Crippen LogP contribution in [0.3, 0.4) is 0 Å². The Labute approximate surface area is 155 Å². The fourth-order valence-corrected chi connectivity index (χ4v) is 3.48. The summed E-state index contributed by atoms with van der Waals surface area (Å²) in [6.07, 6.45) is -4.35. The largest absolute Gasteiger partial charge is 0.416 e. The molecule has 0 radical (unpaired) electrons. The van der Waals surface area contributed by atoms with Crippen LogP contribution in [0.1, 0.15) is 12.5 Å². The summed E-state index contributed by atoms with van der Waals surface area (Å²) in [5.41, 5.74) is 0.535. The highest BCUT2D eigenvalue weighted by Gasteiger charge is 2.30. The molecule has 1 atom stereocenters. The summed E-state index contributed by atoms with van der Waals surface area (Å²) in [6, 6.07) is 13.2. The number of halogens is 3. The Hall–Kier alpha value is -2.67. The van der Waals surface area contributed by atoms with Gasteiger partial charge in [-0.2, -0.15) is 13.2 Å². The highest BCUT2D eigenvalue weighted by Crippen LogP contribution is 2.34. The molecule has 7 heteroatoms. The van der Waals surface area contributed by atoms with Gasteiger partial charge in [0, 0.05) is 42.0 Å². The monoisotopic (exact) mass is 372 g/mol. The number of nitrogens with one attached hydrogen (secondary N) is 1. The van der Waals surface area contributed by atoms with Gasteiger partial charge in [-0.15, -0.1) is 10.2 Å². The van der Waals surface area contributed by atoms with Crippen molar-refractivity contribution in [3.8, 4) is 11.3 Å². The van der Waals surface area contributed by atoms with E-state index >= 15 is 0 Å². The molecule has 1 aliphatic heterocycles. The fourth-order valence-electron chi connectivity index (χ4n) is 3.48. The molecule has 0 bridgehead atoms. The fraction of sp³-hybridized carbons (Fsp3) is 0.300. The molecule has 0 saturated carbocycles. The third kappa shape index (κ3) is 3.47. The molecule has 2 aromatic carbocycles. The van der Waals surface area contributed by atoms with Crippen LogP contribution in [0.4, 0.5) is 19.0 Å². The van der Waals surface area contributed by atoms with Gasteiger partial charge in [0.15, 0.2) is 5.82 Å². The predicted molar refractivity (Wildman–Crippen MR) is 99.7 cm³/mol. The zero-order chi connectivity index (χ0) is 19.0. The van der Waals surface area contributed by atoms with Crippen molar-refractivity contribution in [2.45, 2.75) is 19.1 Å². The second kappa shape index (κ2) is 6.81. The van der Waals surface area contributed by atoms with Crippen LogP contribution >= 0.6 is 0 Å². The average molecular weight is 372 g/mol. The topological polar surface area (TPSA) is 41.1 Å². The standard InChI is InChI=1S/C20H19F3N4/c1-13-12-27(11-10-24-13)19-17-5-3-2-4-16(17)18(25-26-19)14-6-8-15(9-7-14)20(21,22)23/h2-9,13,24H,10-12H2,1H3. The van der Waals surface area contributed by atoms with Gasteiger partial charge in [-0.05, 0) is 19.1 Å². The summed E-state index contributed by atoms with van der Waals surface area (Å²) in [7, 11) is 0. The normalized spacial score (nSPS) is 18.1. The van der Waals surface area contributed by atoms with E-state index in [-0.39, 0.29) is 0 Å². The number of piperazine rings is 1. The summed E-state index contributed by atoms with van der Waals surface area (Å²) in [4.78, 5) is 2.20. The van der Waals surface area contributed by atoms with Crippen LogP contribution in [0.15, 0.2) is 48.5 Å². The Kier molecular flexibility index (Phi) is 4.47. The average Bonchev–Trinajstić information content (AvgIpc) is 2.66. The van der Waals surface area contributed by atoms with Crippen LogP contribution in [0.25, 0.3) is 22.0 Å². The number of hydrogen-bond acceptors (Lipinski definition) is 4. The van der Waals surface area contributed by atoms with Crippen LogP contribution in [0, 0.1) is 0 Å². The van der Waals surface area contributed by atoms with E-state index in [2.05, 4.69) is 27.3 Å². The van der Waals surface area contributed by atoms with Crippen LogP contribution in [0.2, 0.25) is 0 Å². The second-order valence-electron chi connectivity index (χ2n) is 6.79. The minimum Gasteiger partial charge on any atom is -0.352 e. The molecule has 0 aliphatic carbocycles. The lowest BCUT2D eigenvalue weighted by molar-refractivity contribution is -0.137. The highest BCUT2D eigenvalue weighted by molar-refractivity contribution is 6.00. The minimum atomic E-state index is -4.35. The first-order valence-electron chi connectivity index (χ1n) is 8.85. The maximum Gasteiger partial charge on any atom is 0.416 e. The van der Waals surface area contributed by atoms with Gasteiger partial charge in [-0.25, -0.2) is 0 Å². The van der Waals surface area contributed by atoms with E-state index in [1.165, 1.54) is 12.1 Å². The number of fused-ring (bicyclic) bond motifs is 1. The van der Waals surface area contributed by atoms with Gasteiger partial charge in [-0.3, -0.25) is 0 Å². The molecule has 0 amide bonds. The van der Waals surface area contributed by atoms with E-state index in [0.29, 0.717) is 17.3 Å². The van der Waals surface area contributed by atoms with Crippen molar-refractivity contribution >= 4 is 16.6 Å². The van der Waals surface area contributed by atoms with Gasteiger partial charge >= 0.3 is 6.18 Å². The number of benzene rings is 2. The van der Waals surface area contributed by atoms with Crippen molar-refractivity contribution in [3.63, 3.8) is 0 Å². The smallest absolute Gasteiger partial charge is 0.352 e. The molecule has 1 aromatic heterocycles. The van der Waals surface area contributed by atoms with Gasteiger partial charge in [0.1, 0.15) is 5.69 Å². The van der Waals surface area contributed by atoms with E-state index in [1.807, 2.05) is 24.3 Å². The Morgan fingerprint density at radius 3 is 2.37 bits per heavy atom. The van der Waals surface area contributed by atoms with Gasteiger partial charge in [0.25, 0.3) is 0 Å². The van der Waals surface area contributed by atoms with Crippen molar-refractivity contribution in [2.24, 2.45) is 0 Å². The molecule has 1 N–H and O–H groups in total. The van der Waals surface area contributed by atoms with Crippen molar-refractivity contribution < 1.29 is 13.2 Å². The number of hydrogen-bond donors (Lipinski definition) is 1. The predicted octanol–water partition coefficient (Wildman–Crippen LogP) is 4.11. The molecule has 1 unspecified atom stereocenters. The molecule has 4 nitrogen and oxygen atoms in total. The Morgan fingerprint density at radius 2 is 1.70 bits per heavy atom. The minimum absolute atomic E-state index is 0.355. The zero-order valence-electron chi connectivity index (χ0n) is 14.8. The Bertz CT molecular complexity index is 954. The maximum atomic E-state index is 12.8. The highest BCUT2D eigenvalue weighted by atomic mass is 19.4. The van der Waals surface area contributed by atoms with E-state index < -0.39 is 11.7 Å². The number of aromatic nitrogens is 2. The summed E-state index contributed by atoms with van der Waals surface area (Å²) in [6.45, 7) is 4.66. The first-order valence-corrected chi connectivity index (χ1v) is 8.85. The number of alkyl halides is 3. The number of rotatable bonds is 2. The van der Waals surface area contributed by atoms with Crippen molar-refractivity contribution in [1.82, 2.24) is 15.5 Å².